The van der Waals surface area contributed by atoms with Gasteiger partial charge in [-0.15, -0.1) is 0 Å². The number of aromatic nitrogens is 1. The van der Waals surface area contributed by atoms with Crippen LogP contribution in [0.1, 0.15) is 150 Å². The first-order valence-corrected chi connectivity index (χ1v) is 24.7. The van der Waals surface area contributed by atoms with Crippen LogP contribution in [0.5, 0.6) is 11.5 Å². The Morgan fingerprint density at radius 3 is 1.53 bits per heavy atom. The van der Waals surface area contributed by atoms with Crippen LogP contribution in [-0.4, -0.2) is 120 Å². The van der Waals surface area contributed by atoms with Crippen molar-refractivity contribution >= 4 is 47.8 Å². The van der Waals surface area contributed by atoms with Gasteiger partial charge in [-0.3, -0.25) is 24.0 Å². The highest BCUT2D eigenvalue weighted by atomic mass is 16.6. The number of hydrogen-bond acceptors (Lipinski definition) is 18. The zero-order valence-corrected chi connectivity index (χ0v) is 42.4. The molecule has 20 heteroatoms. The number of carbonyl (C=O) groups excluding carboxylic acids is 8. The molecule has 0 aromatic carbocycles. The van der Waals surface area contributed by atoms with Gasteiger partial charge in [-0.25, -0.2) is 19.4 Å². The quantitative estimate of drug-likeness (QED) is 0.159. The number of esters is 6. The average molecular weight is 990 g/mol. The number of ether oxygens (including phenoxy) is 8. The molecule has 20 nitrogen and oxygen atoms in total. The maximum absolute atomic E-state index is 13.3. The number of pyridine rings is 1. The highest BCUT2D eigenvalue weighted by molar-refractivity contribution is 5.98. The van der Waals surface area contributed by atoms with Crippen molar-refractivity contribution in [3.8, 4) is 11.5 Å². The van der Waals surface area contributed by atoms with Crippen molar-refractivity contribution in [2.45, 2.75) is 181 Å². The van der Waals surface area contributed by atoms with E-state index in [1.807, 2.05) is 0 Å². The zero-order valence-electron chi connectivity index (χ0n) is 42.4. The number of nitrogens with one attached hydrogen (secondary N) is 2. The monoisotopic (exact) mass is 990 g/mol. The maximum atomic E-state index is 13.3. The van der Waals surface area contributed by atoms with E-state index in [0.717, 1.165) is 57.8 Å². The molecule has 1 aromatic heterocycles. The van der Waals surface area contributed by atoms with Crippen LogP contribution in [0, 0.1) is 35.5 Å². The second-order valence-electron chi connectivity index (χ2n) is 20.3. The van der Waals surface area contributed by atoms with Crippen LogP contribution in [0.15, 0.2) is 12.3 Å². The minimum Gasteiger partial charge on any atom is -0.503 e. The number of carbonyl (C=O) groups is 8. The van der Waals surface area contributed by atoms with Crippen LogP contribution < -0.4 is 15.4 Å². The lowest BCUT2D eigenvalue weighted by Gasteiger charge is -2.32. The molecule has 0 spiro atoms. The van der Waals surface area contributed by atoms with Gasteiger partial charge >= 0.3 is 41.9 Å². The Morgan fingerprint density at radius 1 is 0.700 bits per heavy atom. The lowest BCUT2D eigenvalue weighted by molar-refractivity contribution is -0.177. The number of hydrogen-bond donors (Lipinski definition) is 3. The normalized spacial score (nSPS) is 26.3. The van der Waals surface area contributed by atoms with Gasteiger partial charge in [0.2, 0.25) is 0 Å². The third-order valence-corrected chi connectivity index (χ3v) is 12.7. The molecule has 4 fully saturated rings. The van der Waals surface area contributed by atoms with E-state index in [9.17, 15) is 43.5 Å². The fourth-order valence-corrected chi connectivity index (χ4v) is 8.83. The third kappa shape index (κ3) is 17.0. The van der Waals surface area contributed by atoms with Crippen molar-refractivity contribution in [3.05, 3.63) is 18.0 Å². The standard InChI is InChI=1S/C26H36N2O9.C24H39NO8/c1-14(2)24(31)37-22-15(3)36-26(33)18(28-23(30)20-21(29)19(34-4)10-11-27-20)13-35-25(32)17(22)12-16-8-6-5-7-9-16;1-14(2)20(26)32-19-15(3)31-22(28)18(25-23(29)33-24(4,5)6)13-30-21(27)17(19)12-16-10-8-7-9-11-16/h10-11,14-18,22,29H,5-9,12-13H2,1-4H3,(H,28,30);14-19H,7-13H2,1-6H3,(H,25,29)/t15-,17+,18-,22-;15-,17+,18-,19-/m00/s1. The fraction of sp³-hybridized carbons (Fsp3) is 0.740. The van der Waals surface area contributed by atoms with Gasteiger partial charge in [0.25, 0.3) is 5.91 Å². The molecule has 1 aromatic rings. The average Bonchev–Trinajstić information content (AvgIpc) is 3.36. The molecule has 8 atom stereocenters. The molecule has 4 aliphatic rings. The molecule has 2 saturated heterocycles. The van der Waals surface area contributed by atoms with Gasteiger partial charge in [-0.2, -0.15) is 0 Å². The molecule has 2 aliphatic heterocycles. The Hall–Kier alpha value is -5.69. The largest absolute Gasteiger partial charge is 0.503 e. The third-order valence-electron chi connectivity index (χ3n) is 12.7. The molecule has 392 valence electrons. The maximum Gasteiger partial charge on any atom is 0.408 e. The molecule has 0 radical (unpaired) electrons. The van der Waals surface area contributed by atoms with Crippen molar-refractivity contribution in [2.24, 2.45) is 35.5 Å². The number of cyclic esters (lactones) is 4. The van der Waals surface area contributed by atoms with E-state index < -0.39 is 133 Å². The Balaban J connectivity index is 0.000000307. The highest BCUT2D eigenvalue weighted by Gasteiger charge is 2.45. The van der Waals surface area contributed by atoms with E-state index in [0.29, 0.717) is 18.8 Å². The summed E-state index contributed by atoms with van der Waals surface area (Å²) in [6.07, 6.45) is 8.00. The van der Waals surface area contributed by atoms with Crippen LogP contribution >= 0.6 is 0 Å². The summed E-state index contributed by atoms with van der Waals surface area (Å²) < 4.78 is 43.6. The zero-order chi connectivity index (χ0) is 51.9. The van der Waals surface area contributed by atoms with Gasteiger partial charge in [0.15, 0.2) is 41.5 Å². The highest BCUT2D eigenvalue weighted by Crippen LogP contribution is 2.36. The van der Waals surface area contributed by atoms with Crippen molar-refractivity contribution in [3.63, 3.8) is 0 Å². The molecular weight excluding hydrogens is 915 g/mol. The number of aromatic hydroxyl groups is 1. The molecule has 3 N–H and O–H groups in total. The Bertz CT molecular complexity index is 1970. The predicted molar refractivity (Wildman–Crippen MR) is 249 cm³/mol. The van der Waals surface area contributed by atoms with Gasteiger partial charge in [-0.1, -0.05) is 91.9 Å². The Labute approximate surface area is 410 Å². The lowest BCUT2D eigenvalue weighted by atomic mass is 9.80. The number of methoxy groups -OCH3 is 1. The smallest absolute Gasteiger partial charge is 0.408 e. The SMILES string of the molecule is CC(C)C(=O)O[C@H]1[C@H](C)OC(=O)[C@@H](NC(=O)OC(C)(C)C)COC(=O)[C@@H]1CC1CCCCC1.COc1ccnc(C(=O)N[C@H]2COC(=O)[C@H](CC3CCCCC3)[C@@H](OC(=O)C(C)C)[C@H](C)OC2=O)c1O. The fourth-order valence-electron chi connectivity index (χ4n) is 8.83. The second kappa shape index (κ2) is 26.5. The van der Waals surface area contributed by atoms with Crippen LogP contribution in [0.25, 0.3) is 0 Å². The lowest BCUT2D eigenvalue weighted by Crippen LogP contribution is -2.48. The van der Waals surface area contributed by atoms with Gasteiger partial charge in [-0.05, 0) is 59.3 Å². The molecule has 5 rings (SSSR count). The van der Waals surface area contributed by atoms with Gasteiger partial charge in [0, 0.05) is 12.3 Å². The van der Waals surface area contributed by atoms with Crippen molar-refractivity contribution < 1.29 is 81.4 Å². The molecule has 2 aliphatic carbocycles. The number of alkyl carbamates (subject to hydrolysis) is 1. The van der Waals surface area contributed by atoms with E-state index in [-0.39, 0.29) is 17.4 Å². The van der Waals surface area contributed by atoms with E-state index >= 15 is 0 Å². The first-order valence-electron chi connectivity index (χ1n) is 24.7. The molecule has 2 saturated carbocycles. The topological polar surface area (TPSA) is 268 Å². The molecule has 70 heavy (non-hydrogen) atoms. The summed E-state index contributed by atoms with van der Waals surface area (Å²) in [5, 5.41) is 15.1. The summed E-state index contributed by atoms with van der Waals surface area (Å²) in [7, 11) is 1.32. The molecule has 2 amide bonds. The number of nitrogens with zero attached hydrogens (tertiary/aromatic N) is 1. The van der Waals surface area contributed by atoms with Crippen LogP contribution in [-0.2, 0) is 61.9 Å². The van der Waals surface area contributed by atoms with E-state index in [4.69, 9.17) is 37.9 Å². The van der Waals surface area contributed by atoms with Crippen molar-refractivity contribution in [1.82, 2.24) is 15.6 Å². The van der Waals surface area contributed by atoms with Crippen LogP contribution in [0.4, 0.5) is 4.79 Å². The summed E-state index contributed by atoms with van der Waals surface area (Å²) in [6, 6.07) is -1.24. The predicted octanol–water partition coefficient (Wildman–Crippen LogP) is 6.06. The summed E-state index contributed by atoms with van der Waals surface area (Å²) in [5.41, 5.74) is -1.14. The van der Waals surface area contributed by atoms with E-state index in [1.54, 1.807) is 62.3 Å². The van der Waals surface area contributed by atoms with E-state index in [1.165, 1.54) is 25.8 Å². The molecule has 0 bridgehead atoms. The summed E-state index contributed by atoms with van der Waals surface area (Å²) in [6.45, 7) is 14.1. The van der Waals surface area contributed by atoms with Gasteiger partial charge in [0.05, 0.1) is 30.8 Å². The summed E-state index contributed by atoms with van der Waals surface area (Å²) in [5.74, 6) is -7.10. The van der Waals surface area contributed by atoms with Gasteiger partial charge < -0.3 is 53.6 Å². The number of amides is 2. The minimum absolute atomic E-state index is 0.0256. The molecule has 0 unspecified atom stereocenters. The molecule has 3 heterocycles. The van der Waals surface area contributed by atoms with Gasteiger partial charge in [0.1, 0.15) is 31.0 Å². The van der Waals surface area contributed by atoms with E-state index in [2.05, 4.69) is 15.6 Å². The summed E-state index contributed by atoms with van der Waals surface area (Å²) >= 11 is 0. The van der Waals surface area contributed by atoms with Crippen molar-refractivity contribution in [2.75, 3.05) is 20.3 Å². The first kappa shape index (κ1) is 56.9. The van der Waals surface area contributed by atoms with Crippen LogP contribution in [0.2, 0.25) is 0 Å². The number of rotatable bonds is 12. The minimum atomic E-state index is -1.37. The van der Waals surface area contributed by atoms with Crippen LogP contribution in [0.3, 0.4) is 0 Å². The van der Waals surface area contributed by atoms with Crippen molar-refractivity contribution in [1.29, 1.82) is 0 Å². The first-order chi connectivity index (χ1) is 33.0. The summed E-state index contributed by atoms with van der Waals surface area (Å²) in [4.78, 5) is 106. The Morgan fingerprint density at radius 2 is 1.13 bits per heavy atom. The molecular formula is C50H75N3O17. The second-order valence-corrected chi connectivity index (χ2v) is 20.3. The Kier molecular flexibility index (Phi) is 21.5.